The van der Waals surface area contributed by atoms with Gasteiger partial charge in [-0.3, -0.25) is 9.52 Å². The molecule has 0 saturated carbocycles. The highest BCUT2D eigenvalue weighted by Gasteiger charge is 2.17. The fraction of sp³-hybridized carbons (Fsp3) is 0.174. The van der Waals surface area contributed by atoms with Gasteiger partial charge < -0.3 is 5.32 Å². The molecule has 0 heterocycles. The van der Waals surface area contributed by atoms with Crippen LogP contribution < -0.4 is 10.0 Å². The summed E-state index contributed by atoms with van der Waals surface area (Å²) in [6, 6.07) is 20.7. The SMILES string of the molecule is C[C@@H](CCc1ccccc1)NC(=O)c1cccc(S(=O)(=O)Nc2ccc(F)cc2)c1. The number of carbonyl (C=O) groups excluding carboxylic acids is 1. The Balaban J connectivity index is 1.64. The van der Waals surface area contributed by atoms with Gasteiger partial charge in [0.25, 0.3) is 15.9 Å². The van der Waals surface area contributed by atoms with E-state index in [0.29, 0.717) is 0 Å². The lowest BCUT2D eigenvalue weighted by atomic mass is 10.1. The van der Waals surface area contributed by atoms with Crippen molar-refractivity contribution in [1.82, 2.24) is 5.32 Å². The van der Waals surface area contributed by atoms with E-state index in [9.17, 15) is 17.6 Å². The van der Waals surface area contributed by atoms with Crippen LogP contribution in [0.5, 0.6) is 0 Å². The third-order valence-electron chi connectivity index (χ3n) is 4.59. The highest BCUT2D eigenvalue weighted by atomic mass is 32.2. The number of rotatable bonds is 8. The number of sulfonamides is 1. The van der Waals surface area contributed by atoms with Crippen molar-refractivity contribution in [2.24, 2.45) is 0 Å². The van der Waals surface area contributed by atoms with Crippen LogP contribution in [0, 0.1) is 5.82 Å². The van der Waals surface area contributed by atoms with Gasteiger partial charge in [-0.15, -0.1) is 0 Å². The molecule has 3 aromatic rings. The molecule has 0 bridgehead atoms. The Morgan fingerprint density at radius 2 is 1.67 bits per heavy atom. The van der Waals surface area contributed by atoms with E-state index < -0.39 is 15.8 Å². The zero-order chi connectivity index (χ0) is 21.6. The minimum absolute atomic E-state index is 0.0450. The van der Waals surface area contributed by atoms with Crippen LogP contribution in [0.2, 0.25) is 0 Å². The molecule has 1 atom stereocenters. The van der Waals surface area contributed by atoms with Crippen molar-refractivity contribution in [3.63, 3.8) is 0 Å². The highest BCUT2D eigenvalue weighted by Crippen LogP contribution is 2.18. The molecule has 5 nitrogen and oxygen atoms in total. The zero-order valence-electron chi connectivity index (χ0n) is 16.5. The molecule has 0 aliphatic carbocycles. The molecule has 0 aliphatic heterocycles. The molecular formula is C23H23FN2O3S. The van der Waals surface area contributed by atoms with Gasteiger partial charge in [0.1, 0.15) is 5.82 Å². The van der Waals surface area contributed by atoms with Gasteiger partial charge in [0.2, 0.25) is 0 Å². The maximum atomic E-state index is 13.0. The van der Waals surface area contributed by atoms with Crippen LogP contribution in [0.25, 0.3) is 0 Å². The van der Waals surface area contributed by atoms with Gasteiger partial charge >= 0.3 is 0 Å². The molecule has 30 heavy (non-hydrogen) atoms. The number of aryl methyl sites for hydroxylation is 1. The normalized spacial score (nSPS) is 12.2. The second kappa shape index (κ2) is 9.54. The Kier molecular flexibility index (Phi) is 6.84. The number of carbonyl (C=O) groups is 1. The molecule has 3 aromatic carbocycles. The maximum Gasteiger partial charge on any atom is 0.261 e. The van der Waals surface area contributed by atoms with Gasteiger partial charge in [-0.05, 0) is 67.8 Å². The van der Waals surface area contributed by atoms with Crippen molar-refractivity contribution >= 4 is 21.6 Å². The molecule has 2 N–H and O–H groups in total. The molecule has 156 valence electrons. The number of amides is 1. The summed E-state index contributed by atoms with van der Waals surface area (Å²) in [4.78, 5) is 12.5. The van der Waals surface area contributed by atoms with E-state index in [0.717, 1.165) is 12.8 Å². The third-order valence-corrected chi connectivity index (χ3v) is 5.97. The average Bonchev–Trinajstić information content (AvgIpc) is 2.74. The summed E-state index contributed by atoms with van der Waals surface area (Å²) in [7, 11) is -3.91. The van der Waals surface area contributed by atoms with Crippen molar-refractivity contribution in [2.45, 2.75) is 30.7 Å². The van der Waals surface area contributed by atoms with Crippen LogP contribution in [-0.4, -0.2) is 20.4 Å². The topological polar surface area (TPSA) is 75.3 Å². The molecule has 0 aromatic heterocycles. The van der Waals surface area contributed by atoms with Crippen LogP contribution in [0.1, 0.15) is 29.3 Å². The lowest BCUT2D eigenvalue weighted by molar-refractivity contribution is 0.0938. The molecule has 0 aliphatic rings. The van der Waals surface area contributed by atoms with Gasteiger partial charge in [0.05, 0.1) is 4.90 Å². The van der Waals surface area contributed by atoms with Crippen LogP contribution in [0.3, 0.4) is 0 Å². The Labute approximate surface area is 176 Å². The first kappa shape index (κ1) is 21.5. The summed E-state index contributed by atoms with van der Waals surface area (Å²) in [5.74, 6) is -0.799. The van der Waals surface area contributed by atoms with E-state index >= 15 is 0 Å². The minimum atomic E-state index is -3.91. The highest BCUT2D eigenvalue weighted by molar-refractivity contribution is 7.92. The molecule has 0 spiro atoms. The van der Waals surface area contributed by atoms with E-state index in [1.54, 1.807) is 6.07 Å². The molecule has 0 unspecified atom stereocenters. The van der Waals surface area contributed by atoms with E-state index in [2.05, 4.69) is 10.0 Å². The Hall–Kier alpha value is -3.19. The summed E-state index contributed by atoms with van der Waals surface area (Å²) in [6.45, 7) is 1.91. The number of nitrogens with one attached hydrogen (secondary N) is 2. The first-order valence-corrected chi connectivity index (χ1v) is 11.0. The number of benzene rings is 3. The van der Waals surface area contributed by atoms with E-state index in [1.165, 1.54) is 48.0 Å². The van der Waals surface area contributed by atoms with Crippen molar-refractivity contribution in [2.75, 3.05) is 4.72 Å². The monoisotopic (exact) mass is 426 g/mol. The van der Waals surface area contributed by atoms with Gasteiger partial charge in [-0.1, -0.05) is 36.4 Å². The summed E-state index contributed by atoms with van der Waals surface area (Å²) in [5, 5.41) is 2.91. The minimum Gasteiger partial charge on any atom is -0.350 e. The zero-order valence-corrected chi connectivity index (χ0v) is 17.3. The van der Waals surface area contributed by atoms with E-state index in [-0.39, 0.29) is 28.1 Å². The van der Waals surface area contributed by atoms with Crippen molar-refractivity contribution in [3.8, 4) is 0 Å². The van der Waals surface area contributed by atoms with Crippen LogP contribution in [0.4, 0.5) is 10.1 Å². The number of hydrogen-bond acceptors (Lipinski definition) is 3. The van der Waals surface area contributed by atoms with Crippen molar-refractivity contribution in [1.29, 1.82) is 0 Å². The Morgan fingerprint density at radius 3 is 2.37 bits per heavy atom. The Bertz CT molecular complexity index is 1100. The molecule has 3 rings (SSSR count). The summed E-state index contributed by atoms with van der Waals surface area (Å²) in [5.41, 5.74) is 1.68. The number of anilines is 1. The van der Waals surface area contributed by atoms with Gasteiger partial charge in [0.15, 0.2) is 0 Å². The van der Waals surface area contributed by atoms with E-state index in [4.69, 9.17) is 0 Å². The standard InChI is InChI=1S/C23H23FN2O3S/c1-17(10-11-18-6-3-2-4-7-18)25-23(27)19-8-5-9-22(16-19)30(28,29)26-21-14-12-20(24)13-15-21/h2-9,12-17,26H,10-11H2,1H3,(H,25,27)/t17-/m0/s1. The molecule has 0 radical (unpaired) electrons. The molecule has 0 fully saturated rings. The molecule has 7 heteroatoms. The predicted molar refractivity (Wildman–Crippen MR) is 115 cm³/mol. The lowest BCUT2D eigenvalue weighted by Crippen LogP contribution is -2.33. The number of halogens is 1. The number of hydrogen-bond donors (Lipinski definition) is 2. The van der Waals surface area contributed by atoms with Crippen molar-refractivity contribution < 1.29 is 17.6 Å². The summed E-state index contributed by atoms with van der Waals surface area (Å²) >= 11 is 0. The fourth-order valence-corrected chi connectivity index (χ4v) is 4.05. The van der Waals surface area contributed by atoms with Crippen molar-refractivity contribution in [3.05, 3.63) is 95.8 Å². The van der Waals surface area contributed by atoms with Gasteiger partial charge in [-0.25, -0.2) is 12.8 Å². The molecule has 1 amide bonds. The summed E-state index contributed by atoms with van der Waals surface area (Å²) < 4.78 is 40.6. The van der Waals surface area contributed by atoms with Gasteiger partial charge in [0, 0.05) is 17.3 Å². The molecular weight excluding hydrogens is 403 g/mol. The first-order chi connectivity index (χ1) is 14.3. The second-order valence-electron chi connectivity index (χ2n) is 7.04. The first-order valence-electron chi connectivity index (χ1n) is 9.57. The lowest BCUT2D eigenvalue weighted by Gasteiger charge is -2.15. The molecule has 0 saturated heterocycles. The predicted octanol–water partition coefficient (Wildman–Crippen LogP) is 4.38. The smallest absolute Gasteiger partial charge is 0.261 e. The third kappa shape index (κ3) is 5.90. The van der Waals surface area contributed by atoms with Gasteiger partial charge in [-0.2, -0.15) is 0 Å². The van der Waals surface area contributed by atoms with Crippen LogP contribution >= 0.6 is 0 Å². The second-order valence-corrected chi connectivity index (χ2v) is 8.72. The average molecular weight is 427 g/mol. The maximum absolute atomic E-state index is 13.0. The van der Waals surface area contributed by atoms with E-state index in [1.807, 2.05) is 37.3 Å². The fourth-order valence-electron chi connectivity index (χ4n) is 2.94. The van der Waals surface area contributed by atoms with Crippen LogP contribution in [-0.2, 0) is 16.4 Å². The van der Waals surface area contributed by atoms with Crippen LogP contribution in [0.15, 0.2) is 83.8 Å². The Morgan fingerprint density at radius 1 is 0.967 bits per heavy atom. The summed E-state index contributed by atoms with van der Waals surface area (Å²) in [6.07, 6.45) is 1.60. The largest absolute Gasteiger partial charge is 0.350 e. The quantitative estimate of drug-likeness (QED) is 0.561.